The fourth-order valence-electron chi connectivity index (χ4n) is 4.25. The third-order valence-electron chi connectivity index (χ3n) is 6.52. The Morgan fingerprint density at radius 3 is 2.29 bits per heavy atom. The molecule has 0 saturated heterocycles. The molecule has 42 heavy (non-hydrogen) atoms. The average Bonchev–Trinajstić information content (AvgIpc) is 3.45. The minimum Gasteiger partial charge on any atom is -0.352 e. The molecule has 218 valence electrons. The molecule has 0 aliphatic heterocycles. The fraction of sp³-hybridized carbons (Fsp3) is 0.258. The van der Waals surface area contributed by atoms with Crippen LogP contribution in [0.2, 0.25) is 10.0 Å². The van der Waals surface area contributed by atoms with Crippen molar-refractivity contribution >= 4 is 40.8 Å². The normalized spacial score (nSPS) is 11.6. The first kappa shape index (κ1) is 30.9. The number of aromatic nitrogens is 2. The molecule has 11 heteroatoms. The topological polar surface area (TPSA) is 140 Å². The van der Waals surface area contributed by atoms with Crippen LogP contribution < -0.4 is 16.4 Å². The number of benzene rings is 3. The van der Waals surface area contributed by atoms with Crippen molar-refractivity contribution in [3.05, 3.63) is 117 Å². The van der Waals surface area contributed by atoms with Crippen LogP contribution in [0.25, 0.3) is 0 Å². The fourth-order valence-corrected chi connectivity index (χ4v) is 4.59. The molecule has 0 fully saturated rings. The predicted octanol–water partition coefficient (Wildman–Crippen LogP) is 5.05. The Kier molecular flexibility index (Phi) is 11.2. The zero-order valence-electron chi connectivity index (χ0n) is 22.8. The average molecular weight is 609 g/mol. The summed E-state index contributed by atoms with van der Waals surface area (Å²) in [6, 6.07) is 20.1. The van der Waals surface area contributed by atoms with E-state index in [4.69, 9.17) is 33.5 Å². The van der Waals surface area contributed by atoms with Crippen LogP contribution in [-0.4, -0.2) is 46.9 Å². The summed E-state index contributed by atoms with van der Waals surface area (Å²) in [5, 5.41) is 10.7. The minimum absolute atomic E-state index is 0.116. The zero-order chi connectivity index (χ0) is 29.9. The van der Waals surface area contributed by atoms with Gasteiger partial charge in [0.05, 0.1) is 12.5 Å². The molecule has 1 aromatic heterocycles. The molecule has 1 atom stereocenters. The SMILES string of the molecule is NCCCCC(NC(=O)c1ccc(Cl)cc1)C(=O)c1noc(Cc2ccc(C(=O)NCCc3cccc(Cl)c3)cc2)n1. The second-order valence-corrected chi connectivity index (χ2v) is 10.6. The standard InChI is InChI=1S/C31H31Cl2N5O4/c32-24-13-11-23(12-14-24)31(41)36-26(6-1-2-16-34)28(39)29-37-27(42-38-29)19-21-7-9-22(10-8-21)30(40)35-17-15-20-4-3-5-25(33)18-20/h3-5,7-14,18,26H,1-2,6,15-17,19,34H2,(H,35,40)(H,36,41). The van der Waals surface area contributed by atoms with E-state index in [0.29, 0.717) is 59.9 Å². The highest BCUT2D eigenvalue weighted by molar-refractivity contribution is 6.31. The summed E-state index contributed by atoms with van der Waals surface area (Å²) in [4.78, 5) is 42.8. The van der Waals surface area contributed by atoms with E-state index in [-0.39, 0.29) is 24.0 Å². The first-order valence-electron chi connectivity index (χ1n) is 13.6. The van der Waals surface area contributed by atoms with Crippen LogP contribution in [0.1, 0.15) is 67.6 Å². The Morgan fingerprint density at radius 2 is 1.57 bits per heavy atom. The molecule has 0 aliphatic rings. The molecule has 0 spiro atoms. The Labute approximate surface area is 253 Å². The number of Topliss-reactive ketones (excluding diaryl/α,β-unsaturated/α-hetero) is 1. The number of unbranched alkanes of at least 4 members (excludes halogenated alkanes) is 1. The second-order valence-electron chi connectivity index (χ2n) is 9.70. The van der Waals surface area contributed by atoms with Gasteiger partial charge in [-0.1, -0.05) is 52.6 Å². The maximum atomic E-state index is 13.2. The van der Waals surface area contributed by atoms with E-state index in [1.807, 2.05) is 24.3 Å². The number of carbonyl (C=O) groups excluding carboxylic acids is 3. The van der Waals surface area contributed by atoms with Gasteiger partial charge in [0.15, 0.2) is 0 Å². The van der Waals surface area contributed by atoms with Crippen molar-refractivity contribution in [2.24, 2.45) is 5.73 Å². The van der Waals surface area contributed by atoms with Crippen molar-refractivity contribution in [2.75, 3.05) is 13.1 Å². The van der Waals surface area contributed by atoms with Gasteiger partial charge in [0, 0.05) is 27.7 Å². The van der Waals surface area contributed by atoms with Gasteiger partial charge in [-0.2, -0.15) is 4.98 Å². The predicted molar refractivity (Wildman–Crippen MR) is 161 cm³/mol. The summed E-state index contributed by atoms with van der Waals surface area (Å²) in [5.41, 5.74) is 8.37. The Bertz CT molecular complexity index is 1510. The monoisotopic (exact) mass is 607 g/mol. The van der Waals surface area contributed by atoms with E-state index in [2.05, 4.69) is 20.8 Å². The molecule has 9 nitrogen and oxygen atoms in total. The number of halogens is 2. The number of rotatable bonds is 14. The van der Waals surface area contributed by atoms with Crippen LogP contribution in [-0.2, 0) is 12.8 Å². The van der Waals surface area contributed by atoms with Gasteiger partial charge in [-0.25, -0.2) is 0 Å². The summed E-state index contributed by atoms with van der Waals surface area (Å²) < 4.78 is 5.33. The van der Waals surface area contributed by atoms with Gasteiger partial charge in [0.25, 0.3) is 11.8 Å². The van der Waals surface area contributed by atoms with E-state index >= 15 is 0 Å². The summed E-state index contributed by atoms with van der Waals surface area (Å²) in [6.45, 7) is 0.953. The molecule has 0 radical (unpaired) electrons. The van der Waals surface area contributed by atoms with Crippen molar-refractivity contribution in [3.8, 4) is 0 Å². The van der Waals surface area contributed by atoms with Gasteiger partial charge in [0.1, 0.15) is 0 Å². The lowest BCUT2D eigenvalue weighted by Gasteiger charge is -2.16. The van der Waals surface area contributed by atoms with Crippen LogP contribution in [0.15, 0.2) is 77.3 Å². The summed E-state index contributed by atoms with van der Waals surface area (Å²) in [5.74, 6) is -0.920. The lowest BCUT2D eigenvalue weighted by molar-refractivity contribution is 0.0843. The molecule has 2 amide bonds. The van der Waals surface area contributed by atoms with Gasteiger partial charge in [0.2, 0.25) is 17.5 Å². The molecule has 4 N–H and O–H groups in total. The summed E-state index contributed by atoms with van der Waals surface area (Å²) in [6.07, 6.45) is 2.65. The maximum absolute atomic E-state index is 13.2. The molecular formula is C31H31Cl2N5O4. The van der Waals surface area contributed by atoms with Gasteiger partial charge in [-0.3, -0.25) is 14.4 Å². The molecule has 1 unspecified atom stereocenters. The highest BCUT2D eigenvalue weighted by atomic mass is 35.5. The Hall–Kier alpha value is -4.05. The van der Waals surface area contributed by atoms with Crippen molar-refractivity contribution < 1.29 is 18.9 Å². The van der Waals surface area contributed by atoms with Crippen LogP contribution in [0.3, 0.4) is 0 Å². The zero-order valence-corrected chi connectivity index (χ0v) is 24.3. The van der Waals surface area contributed by atoms with Crippen molar-refractivity contribution in [2.45, 2.75) is 38.1 Å². The molecule has 4 aromatic rings. The number of nitrogens with zero attached hydrogens (tertiary/aromatic N) is 2. The summed E-state index contributed by atoms with van der Waals surface area (Å²) in [7, 11) is 0. The molecule has 4 rings (SSSR count). The quantitative estimate of drug-likeness (QED) is 0.134. The van der Waals surface area contributed by atoms with E-state index in [0.717, 1.165) is 11.1 Å². The third-order valence-corrected chi connectivity index (χ3v) is 7.01. The van der Waals surface area contributed by atoms with Gasteiger partial charge in [-0.05, 0) is 91.9 Å². The number of hydrogen-bond acceptors (Lipinski definition) is 7. The van der Waals surface area contributed by atoms with E-state index in [1.165, 1.54) is 0 Å². The highest BCUT2D eigenvalue weighted by Gasteiger charge is 2.26. The number of ketones is 1. The second kappa shape index (κ2) is 15.3. The molecular weight excluding hydrogens is 577 g/mol. The lowest BCUT2D eigenvalue weighted by Crippen LogP contribution is -2.41. The molecule has 1 heterocycles. The van der Waals surface area contributed by atoms with Crippen LogP contribution in [0.5, 0.6) is 0 Å². The Morgan fingerprint density at radius 1 is 0.857 bits per heavy atom. The van der Waals surface area contributed by atoms with Crippen LogP contribution in [0, 0.1) is 0 Å². The lowest BCUT2D eigenvalue weighted by atomic mass is 10.0. The van der Waals surface area contributed by atoms with Gasteiger partial charge < -0.3 is 20.9 Å². The Balaban J connectivity index is 1.33. The summed E-state index contributed by atoms with van der Waals surface area (Å²) >= 11 is 11.9. The van der Waals surface area contributed by atoms with Crippen molar-refractivity contribution in [3.63, 3.8) is 0 Å². The van der Waals surface area contributed by atoms with E-state index < -0.39 is 17.7 Å². The molecule has 0 aliphatic carbocycles. The number of nitrogens with two attached hydrogens (primary N) is 1. The number of amides is 2. The maximum Gasteiger partial charge on any atom is 0.251 e. The van der Waals surface area contributed by atoms with Gasteiger partial charge in [-0.15, -0.1) is 0 Å². The van der Waals surface area contributed by atoms with E-state index in [1.54, 1.807) is 48.5 Å². The first-order chi connectivity index (χ1) is 20.3. The number of carbonyl (C=O) groups is 3. The number of hydrogen-bond donors (Lipinski definition) is 3. The van der Waals surface area contributed by atoms with Crippen LogP contribution in [0.4, 0.5) is 0 Å². The van der Waals surface area contributed by atoms with Crippen molar-refractivity contribution in [1.29, 1.82) is 0 Å². The molecule has 0 bridgehead atoms. The highest BCUT2D eigenvalue weighted by Crippen LogP contribution is 2.15. The van der Waals surface area contributed by atoms with Crippen molar-refractivity contribution in [1.82, 2.24) is 20.8 Å². The largest absolute Gasteiger partial charge is 0.352 e. The van der Waals surface area contributed by atoms with Gasteiger partial charge >= 0.3 is 0 Å². The third kappa shape index (κ3) is 8.97. The van der Waals surface area contributed by atoms with E-state index in [9.17, 15) is 14.4 Å². The smallest absolute Gasteiger partial charge is 0.251 e. The number of nitrogens with one attached hydrogen (secondary N) is 2. The molecule has 0 saturated carbocycles. The first-order valence-corrected chi connectivity index (χ1v) is 14.3. The minimum atomic E-state index is -0.846. The molecule has 3 aromatic carbocycles. The van der Waals surface area contributed by atoms with Crippen LogP contribution >= 0.6 is 23.2 Å².